The van der Waals surface area contributed by atoms with Crippen LogP contribution >= 0.6 is 79.4 Å². The molecule has 3 atom stereocenters. The van der Waals surface area contributed by atoms with Crippen molar-refractivity contribution in [1.29, 1.82) is 0 Å². The Morgan fingerprint density at radius 2 is 0.949 bits per heavy atom. The summed E-state index contributed by atoms with van der Waals surface area (Å²) in [6.45, 7) is 20.8. The molecule has 8 heterocycles. The molecule has 12 heteroatoms. The zero-order chi connectivity index (χ0) is 54.9. The summed E-state index contributed by atoms with van der Waals surface area (Å²) in [5.41, 5.74) is 5.60. The van der Waals surface area contributed by atoms with E-state index >= 15 is 0 Å². The number of imide groups is 1. The monoisotopic (exact) mass is 1180 g/mol. The van der Waals surface area contributed by atoms with Gasteiger partial charge in [-0.15, -0.1) is 79.4 Å². The van der Waals surface area contributed by atoms with Gasteiger partial charge in [-0.1, -0.05) is 170 Å². The third-order valence-electron chi connectivity index (χ3n) is 16.2. The molecule has 7 aromatic heterocycles. The number of benzene rings is 1. The van der Waals surface area contributed by atoms with Gasteiger partial charge in [-0.25, -0.2) is 9.97 Å². The van der Waals surface area contributed by atoms with Crippen LogP contribution in [-0.4, -0.2) is 33.2 Å². The maximum atomic E-state index is 14.5. The average molecular weight is 1180 g/mol. The van der Waals surface area contributed by atoms with Gasteiger partial charge in [0.1, 0.15) is 10.0 Å². The van der Waals surface area contributed by atoms with Crippen LogP contribution in [0.5, 0.6) is 0 Å². The second-order valence-corrected chi connectivity index (χ2v) is 31.0. The molecule has 1 aliphatic rings. The van der Waals surface area contributed by atoms with Crippen molar-refractivity contribution in [2.45, 2.75) is 204 Å². The molecule has 0 saturated heterocycles. The van der Waals surface area contributed by atoms with E-state index < -0.39 is 0 Å². The fourth-order valence-corrected chi connectivity index (χ4v) is 19.6. The number of aromatic nitrogens is 2. The summed E-state index contributed by atoms with van der Waals surface area (Å²) in [5, 5.41) is 2.14. The van der Waals surface area contributed by atoms with Crippen LogP contribution in [-0.2, 0) is 12.8 Å². The molecule has 1 aliphatic heterocycles. The Balaban J connectivity index is 1.12. The SMILES string of the molecule is CCCCCCC(CCCC)Cc1ccc(-c2nc3c(-c4ccc(-c5sc(C)c6c5C(=O)N(CCC(C)CCCC(C)C)C6=O)s4)c4sc(-c5ccc(CC(CCCC)CCCCCC)s5)nc4c(-c4ccc(C)s4)c3s2)s1. The molecule has 9 rings (SSSR count). The Morgan fingerprint density at radius 1 is 0.449 bits per heavy atom. The standard InChI is InChI=1S/C66H85N3O2S7/c1-10-14-18-20-27-45(25-16-12-3)39-47-30-33-52(74-47)63-67-58-55(49-32-29-43(8)72-49)61-59(68-64(77-61)53-34-31-48(75-53)40-46(26-17-13-4)28-21-19-15-11-2)56(62(58)78-63)50-35-36-51(76-50)60-57-54(44(9)73-60)65(70)69(66(57)71)38-37-42(7)24-22-23-41(5)6/h29-36,41-42,45-46H,10-28,37-40H2,1-9H3. The molecule has 0 saturated carbocycles. The second-order valence-electron chi connectivity index (χ2n) is 23.1. The molecule has 0 radical (unpaired) electrons. The van der Waals surface area contributed by atoms with E-state index in [9.17, 15) is 9.59 Å². The van der Waals surface area contributed by atoms with Crippen LogP contribution in [0.15, 0.2) is 48.5 Å². The van der Waals surface area contributed by atoms with E-state index in [0.717, 1.165) is 88.3 Å². The lowest BCUT2D eigenvalue weighted by atomic mass is 9.92. The van der Waals surface area contributed by atoms with Crippen LogP contribution in [0.4, 0.5) is 0 Å². The van der Waals surface area contributed by atoms with Crippen molar-refractivity contribution in [3.05, 3.63) is 79.2 Å². The van der Waals surface area contributed by atoms with E-state index in [0.29, 0.717) is 29.5 Å². The van der Waals surface area contributed by atoms with Crippen LogP contribution in [0.2, 0.25) is 0 Å². The van der Waals surface area contributed by atoms with Crippen molar-refractivity contribution in [2.75, 3.05) is 6.54 Å². The number of carbonyl (C=O) groups excluding carboxylic acids is 2. The molecule has 5 nitrogen and oxygen atoms in total. The molecule has 0 fully saturated rings. The molecular weight excluding hydrogens is 1090 g/mol. The van der Waals surface area contributed by atoms with E-state index in [1.54, 1.807) is 27.6 Å². The van der Waals surface area contributed by atoms with E-state index in [1.165, 1.54) is 155 Å². The molecule has 0 bridgehead atoms. The second kappa shape index (κ2) is 28.1. The predicted molar refractivity (Wildman–Crippen MR) is 348 cm³/mol. The number of amides is 2. The van der Waals surface area contributed by atoms with Crippen molar-refractivity contribution in [3.8, 4) is 50.4 Å². The summed E-state index contributed by atoms with van der Waals surface area (Å²) >= 11 is 12.7. The van der Waals surface area contributed by atoms with Crippen molar-refractivity contribution in [3.63, 3.8) is 0 Å². The third-order valence-corrected chi connectivity index (χ3v) is 24.3. The van der Waals surface area contributed by atoms with Gasteiger partial charge in [0.05, 0.1) is 46.2 Å². The van der Waals surface area contributed by atoms with Gasteiger partial charge in [0, 0.05) is 51.8 Å². The lowest BCUT2D eigenvalue weighted by Crippen LogP contribution is -2.32. The van der Waals surface area contributed by atoms with Crippen LogP contribution in [0.25, 0.3) is 70.8 Å². The van der Waals surface area contributed by atoms with Gasteiger partial charge in [-0.05, 0) is 105 Å². The van der Waals surface area contributed by atoms with Gasteiger partial charge >= 0.3 is 0 Å². The van der Waals surface area contributed by atoms with Crippen molar-refractivity contribution < 1.29 is 9.59 Å². The summed E-state index contributed by atoms with van der Waals surface area (Å²) in [5.74, 6) is 2.32. The average Bonchev–Trinajstić information content (AvgIpc) is 4.46. The minimum atomic E-state index is -0.137. The van der Waals surface area contributed by atoms with E-state index in [4.69, 9.17) is 9.97 Å². The largest absolute Gasteiger partial charge is 0.274 e. The van der Waals surface area contributed by atoms with Gasteiger partial charge in [0.15, 0.2) is 0 Å². The molecule has 0 aliphatic carbocycles. The predicted octanol–water partition coefficient (Wildman–Crippen LogP) is 23.3. The van der Waals surface area contributed by atoms with E-state index in [2.05, 4.69) is 104 Å². The van der Waals surface area contributed by atoms with Gasteiger partial charge in [0.2, 0.25) is 0 Å². The van der Waals surface area contributed by atoms with Crippen LogP contribution < -0.4 is 0 Å². The van der Waals surface area contributed by atoms with Crippen molar-refractivity contribution >= 4 is 112 Å². The third kappa shape index (κ3) is 13.9. The van der Waals surface area contributed by atoms with Gasteiger partial charge < -0.3 is 0 Å². The number of hydrogen-bond acceptors (Lipinski definition) is 11. The first-order valence-electron chi connectivity index (χ1n) is 30.0. The fraction of sp³-hybridized carbons (Fsp3) is 0.545. The highest BCUT2D eigenvalue weighted by Gasteiger charge is 2.41. The minimum absolute atomic E-state index is 0.128. The molecule has 78 heavy (non-hydrogen) atoms. The molecule has 418 valence electrons. The lowest BCUT2D eigenvalue weighted by Gasteiger charge is -2.18. The van der Waals surface area contributed by atoms with Gasteiger partial charge in [-0.2, -0.15) is 0 Å². The molecule has 2 amide bonds. The molecular formula is C66H85N3O2S7. The maximum Gasteiger partial charge on any atom is 0.263 e. The lowest BCUT2D eigenvalue weighted by molar-refractivity contribution is 0.0646. The summed E-state index contributed by atoms with van der Waals surface area (Å²) in [6.07, 6.45) is 27.5. The molecule has 1 aromatic carbocycles. The highest BCUT2D eigenvalue weighted by atomic mass is 32.1. The number of carbonyl (C=O) groups is 2. The Hall–Kier alpha value is -3.36. The zero-order valence-electron chi connectivity index (χ0n) is 48.2. The number of thiazole rings is 2. The first-order valence-corrected chi connectivity index (χ1v) is 35.7. The number of fused-ring (bicyclic) bond motifs is 3. The Labute approximate surface area is 495 Å². The molecule has 0 N–H and O–H groups in total. The number of rotatable bonds is 32. The minimum Gasteiger partial charge on any atom is -0.274 e. The highest BCUT2D eigenvalue weighted by molar-refractivity contribution is 7.29. The molecule has 3 unspecified atom stereocenters. The summed E-state index contributed by atoms with van der Waals surface area (Å²) in [4.78, 5) is 53.5. The van der Waals surface area contributed by atoms with Gasteiger partial charge in [-0.3, -0.25) is 14.5 Å². The van der Waals surface area contributed by atoms with Crippen LogP contribution in [0.1, 0.15) is 217 Å². The normalized spacial score (nSPS) is 14.1. The summed E-state index contributed by atoms with van der Waals surface area (Å²) in [6, 6.07) is 18.4. The van der Waals surface area contributed by atoms with Gasteiger partial charge in [0.25, 0.3) is 11.8 Å². The number of aryl methyl sites for hydroxylation is 2. The Bertz CT molecular complexity index is 3120. The Kier molecular flexibility index (Phi) is 21.3. The number of nitrogens with zero attached hydrogens (tertiary/aromatic N) is 3. The number of thiophene rings is 5. The van der Waals surface area contributed by atoms with Crippen LogP contribution in [0, 0.1) is 37.5 Å². The summed E-state index contributed by atoms with van der Waals surface area (Å²) in [7, 11) is 0. The quantitative estimate of drug-likeness (QED) is 0.0311. The van der Waals surface area contributed by atoms with Crippen molar-refractivity contribution in [2.24, 2.45) is 23.7 Å². The Morgan fingerprint density at radius 3 is 1.47 bits per heavy atom. The zero-order valence-corrected chi connectivity index (χ0v) is 53.9. The van der Waals surface area contributed by atoms with E-state index in [-0.39, 0.29) is 11.8 Å². The fourth-order valence-electron chi connectivity index (χ4n) is 11.7. The molecule has 0 spiro atoms. The number of hydrogen-bond donors (Lipinski definition) is 0. The van der Waals surface area contributed by atoms with E-state index in [1.807, 2.05) is 63.6 Å². The van der Waals surface area contributed by atoms with Crippen molar-refractivity contribution in [1.82, 2.24) is 14.9 Å². The van der Waals surface area contributed by atoms with Crippen LogP contribution in [0.3, 0.4) is 0 Å². The first kappa shape index (κ1) is 59.3. The highest BCUT2D eigenvalue weighted by Crippen LogP contribution is 2.54. The smallest absolute Gasteiger partial charge is 0.263 e. The number of unbranched alkanes of at least 4 members (excludes halogenated alkanes) is 8. The topological polar surface area (TPSA) is 63.2 Å². The first-order chi connectivity index (χ1) is 37.9. The summed E-state index contributed by atoms with van der Waals surface area (Å²) < 4.78 is 2.35. The molecule has 8 aromatic rings. The maximum absolute atomic E-state index is 14.5.